The monoisotopic (exact) mass is 152 g/mol. The fourth-order valence-corrected chi connectivity index (χ4v) is 0.0833. The van der Waals surface area contributed by atoms with Crippen molar-refractivity contribution in [3.63, 3.8) is 0 Å². The molecule has 4 heteroatoms. The third-order valence-corrected chi connectivity index (χ3v) is 0.368. The molecule has 2 atom stereocenters. The first-order valence-corrected chi connectivity index (χ1v) is 4.51. The number of methoxy groups -OCH3 is 1. The number of carbonyl (C=O) groups is 1. The fraction of sp³-hybridized carbons (Fsp3) is 0.250. The maximum absolute atomic E-state index is 9.84. The van der Waals surface area contributed by atoms with E-state index in [2.05, 4.69) is 29.2 Å². The van der Waals surface area contributed by atoms with Gasteiger partial charge in [-0.3, -0.25) is 0 Å². The van der Waals surface area contributed by atoms with E-state index >= 15 is 0 Å². The molecule has 8 heavy (non-hydrogen) atoms. The van der Waals surface area contributed by atoms with Crippen molar-refractivity contribution >= 4 is 23.8 Å². The SMILES string of the molecule is C=CC(=O)OC.PP. The van der Waals surface area contributed by atoms with Gasteiger partial charge in [0.1, 0.15) is 0 Å². The predicted octanol–water partition coefficient (Wildman–Crippen LogP) is 0.997. The Balaban J connectivity index is 0. The van der Waals surface area contributed by atoms with Gasteiger partial charge in [-0.25, -0.2) is 4.79 Å². The predicted molar refractivity (Wildman–Crippen MR) is 41.6 cm³/mol. The van der Waals surface area contributed by atoms with Crippen molar-refractivity contribution in [3.8, 4) is 0 Å². The van der Waals surface area contributed by atoms with Crippen molar-refractivity contribution in [2.24, 2.45) is 0 Å². The van der Waals surface area contributed by atoms with Crippen molar-refractivity contribution < 1.29 is 9.53 Å². The second-order valence-electron chi connectivity index (χ2n) is 0.727. The molecule has 0 aliphatic carbocycles. The molecule has 0 amide bonds. The van der Waals surface area contributed by atoms with Gasteiger partial charge in [0.2, 0.25) is 0 Å². The van der Waals surface area contributed by atoms with Crippen LogP contribution in [0.15, 0.2) is 12.7 Å². The summed E-state index contributed by atoms with van der Waals surface area (Å²) in [6.45, 7) is 3.16. The first-order chi connectivity index (χ1) is 3.81. The summed E-state index contributed by atoms with van der Waals surface area (Å²) in [4.78, 5) is 9.84. The van der Waals surface area contributed by atoms with Crippen molar-refractivity contribution in [2.75, 3.05) is 7.11 Å². The molecule has 0 heterocycles. The minimum atomic E-state index is -0.394. The molecule has 0 aliphatic rings. The second-order valence-corrected chi connectivity index (χ2v) is 0.727. The molecule has 0 aromatic rings. The average Bonchev–Trinajstić information content (AvgIpc) is 1.91. The molecular weight excluding hydrogens is 142 g/mol. The summed E-state index contributed by atoms with van der Waals surface area (Å²) in [6, 6.07) is 0. The molecule has 0 bridgehead atoms. The van der Waals surface area contributed by atoms with Crippen LogP contribution >= 0.6 is 17.9 Å². The maximum Gasteiger partial charge on any atom is 0.329 e. The number of ether oxygens (including phenoxy) is 1. The highest BCUT2D eigenvalue weighted by Crippen LogP contribution is 1.86. The Morgan fingerprint density at radius 1 is 1.75 bits per heavy atom. The van der Waals surface area contributed by atoms with Gasteiger partial charge in [-0.1, -0.05) is 6.58 Å². The van der Waals surface area contributed by atoms with Crippen LogP contribution in [-0.2, 0) is 9.53 Å². The maximum atomic E-state index is 9.84. The lowest BCUT2D eigenvalue weighted by Gasteiger charge is -1.83. The number of esters is 1. The van der Waals surface area contributed by atoms with Crippen LogP contribution in [-0.4, -0.2) is 13.1 Å². The van der Waals surface area contributed by atoms with Gasteiger partial charge in [0.15, 0.2) is 0 Å². The van der Waals surface area contributed by atoms with Crippen molar-refractivity contribution in [1.82, 2.24) is 0 Å². The zero-order valence-electron chi connectivity index (χ0n) is 4.76. The molecule has 2 unspecified atom stereocenters. The van der Waals surface area contributed by atoms with Gasteiger partial charge < -0.3 is 4.74 Å². The highest BCUT2D eigenvalue weighted by molar-refractivity contribution is 7.92. The Kier molecular flexibility index (Phi) is 13.9. The van der Waals surface area contributed by atoms with Crippen LogP contribution in [0, 0.1) is 0 Å². The molecule has 2 nitrogen and oxygen atoms in total. The standard InChI is InChI=1S/C4H6O2.H4P2/c1-3-4(5)6-2;1-2/h3H,1H2,2H3;1-2H2. The summed E-state index contributed by atoms with van der Waals surface area (Å²) < 4.78 is 4.14. The van der Waals surface area contributed by atoms with Crippen LogP contribution < -0.4 is 0 Å². The third-order valence-electron chi connectivity index (χ3n) is 0.368. The number of rotatable bonds is 1. The van der Waals surface area contributed by atoms with Crippen LogP contribution in [0.1, 0.15) is 0 Å². The Morgan fingerprint density at radius 2 is 2.12 bits per heavy atom. The Morgan fingerprint density at radius 3 is 2.12 bits per heavy atom. The summed E-state index contributed by atoms with van der Waals surface area (Å²) in [5, 5.41) is 0. The van der Waals surface area contributed by atoms with Crippen molar-refractivity contribution in [1.29, 1.82) is 0 Å². The zero-order valence-corrected chi connectivity index (χ0v) is 7.07. The molecule has 0 saturated carbocycles. The van der Waals surface area contributed by atoms with Crippen LogP contribution in [0.2, 0.25) is 0 Å². The molecule has 0 fully saturated rings. The van der Waals surface area contributed by atoms with Crippen molar-refractivity contribution in [3.05, 3.63) is 12.7 Å². The highest BCUT2D eigenvalue weighted by atomic mass is 32.0. The minimum absolute atomic E-state index is 0.394. The number of carbonyl (C=O) groups excluding carboxylic acids is 1. The molecule has 0 rings (SSSR count). The van der Waals surface area contributed by atoms with E-state index in [0.29, 0.717) is 0 Å². The highest BCUT2D eigenvalue weighted by Gasteiger charge is 1.81. The van der Waals surface area contributed by atoms with Gasteiger partial charge in [0.05, 0.1) is 7.11 Å². The van der Waals surface area contributed by atoms with Gasteiger partial charge in [-0.15, -0.1) is 17.9 Å². The van der Waals surface area contributed by atoms with Gasteiger partial charge in [-0.05, 0) is 0 Å². The first kappa shape index (κ1) is 10.9. The Bertz CT molecular complexity index is 72.4. The van der Waals surface area contributed by atoms with Gasteiger partial charge in [0.25, 0.3) is 0 Å². The number of hydrogen-bond acceptors (Lipinski definition) is 2. The molecule has 48 valence electrons. The van der Waals surface area contributed by atoms with Crippen LogP contribution in [0.25, 0.3) is 0 Å². The van der Waals surface area contributed by atoms with E-state index in [4.69, 9.17) is 0 Å². The Labute approximate surface area is 54.0 Å². The summed E-state index contributed by atoms with van der Waals surface area (Å²) in [5.74, 6) is -0.394. The summed E-state index contributed by atoms with van der Waals surface area (Å²) in [7, 11) is 5.98. The van der Waals surface area contributed by atoms with E-state index < -0.39 is 5.97 Å². The van der Waals surface area contributed by atoms with Crippen molar-refractivity contribution in [2.45, 2.75) is 0 Å². The second kappa shape index (κ2) is 10.1. The summed E-state index contributed by atoms with van der Waals surface area (Å²) in [6.07, 6.45) is 1.11. The van der Waals surface area contributed by atoms with E-state index in [1.807, 2.05) is 0 Å². The third kappa shape index (κ3) is 9.42. The average molecular weight is 152 g/mol. The lowest BCUT2D eigenvalue weighted by molar-refractivity contribution is -0.134. The Hall–Kier alpha value is 0.0700. The van der Waals surface area contributed by atoms with Gasteiger partial charge >= 0.3 is 5.97 Å². The molecule has 0 N–H and O–H groups in total. The largest absolute Gasteiger partial charge is 0.466 e. The summed E-state index contributed by atoms with van der Waals surface area (Å²) in [5.41, 5.74) is 0. The summed E-state index contributed by atoms with van der Waals surface area (Å²) >= 11 is 0. The van der Waals surface area contributed by atoms with E-state index in [0.717, 1.165) is 6.08 Å². The van der Waals surface area contributed by atoms with Crippen LogP contribution in [0.4, 0.5) is 0 Å². The lowest BCUT2D eigenvalue weighted by atomic mass is 10.7. The number of hydrogen-bond donors (Lipinski definition) is 0. The quantitative estimate of drug-likeness (QED) is 0.318. The molecule has 0 aromatic carbocycles. The molecule has 0 spiro atoms. The van der Waals surface area contributed by atoms with Crippen LogP contribution in [0.3, 0.4) is 0 Å². The minimum Gasteiger partial charge on any atom is -0.466 e. The normalized spacial score (nSPS) is 5.88. The molecule has 0 saturated heterocycles. The van der Waals surface area contributed by atoms with Gasteiger partial charge in [0, 0.05) is 6.08 Å². The molecule has 0 aromatic heterocycles. The van der Waals surface area contributed by atoms with Gasteiger partial charge in [-0.2, -0.15) is 0 Å². The molecule has 0 aliphatic heterocycles. The topological polar surface area (TPSA) is 26.3 Å². The fourth-order valence-electron chi connectivity index (χ4n) is 0.0833. The van der Waals surface area contributed by atoms with E-state index in [1.165, 1.54) is 7.11 Å². The van der Waals surface area contributed by atoms with Crippen LogP contribution in [0.5, 0.6) is 0 Å². The van der Waals surface area contributed by atoms with E-state index in [1.54, 1.807) is 0 Å². The lowest BCUT2D eigenvalue weighted by Crippen LogP contribution is -1.91. The zero-order chi connectivity index (χ0) is 6.99. The molecule has 0 radical (unpaired) electrons. The molecular formula is C4H10O2P2. The van der Waals surface area contributed by atoms with E-state index in [-0.39, 0.29) is 0 Å². The van der Waals surface area contributed by atoms with E-state index in [9.17, 15) is 4.79 Å². The smallest absolute Gasteiger partial charge is 0.329 e. The first-order valence-electron chi connectivity index (χ1n) is 1.85.